The monoisotopic (exact) mass is 1120 g/mol. The molecule has 71 heavy (non-hydrogen) atoms. The number of hydrogen-bond acceptors (Lipinski definition) is 3. The van der Waals surface area contributed by atoms with Crippen molar-refractivity contribution in [3.8, 4) is 78.6 Å². The number of fused-ring (bicyclic) bond motifs is 1. The molecule has 0 aliphatic rings. The molecule has 0 saturated heterocycles. The fraction of sp³-hybridized carbons (Fsp3) is 0.273. The van der Waals surface area contributed by atoms with Crippen molar-refractivity contribution in [1.29, 1.82) is 0 Å². The van der Waals surface area contributed by atoms with Gasteiger partial charge in [0.15, 0.2) is 0 Å². The average Bonchev–Trinajstić information content (AvgIpc) is 3.72. The van der Waals surface area contributed by atoms with E-state index in [4.69, 9.17) is 9.97 Å². The van der Waals surface area contributed by atoms with Gasteiger partial charge in [-0.25, -0.2) is 4.98 Å². The molecule has 0 atom stereocenters. The summed E-state index contributed by atoms with van der Waals surface area (Å²) in [6.45, 7) is 25.7. The van der Waals surface area contributed by atoms with Crippen molar-refractivity contribution in [3.63, 3.8) is 0 Å². The Bertz CT molecular complexity index is 3540. The Labute approximate surface area is 441 Å². The molecule has 0 spiro atoms. The third-order valence-electron chi connectivity index (χ3n) is 13.7. The summed E-state index contributed by atoms with van der Waals surface area (Å²) in [6.07, 6.45) is 1.87. The van der Waals surface area contributed by atoms with Gasteiger partial charge >= 0.3 is 0 Å². The summed E-state index contributed by atoms with van der Waals surface area (Å²) >= 11 is 0. The van der Waals surface area contributed by atoms with E-state index in [-0.39, 0.29) is 54.0 Å². The maximum absolute atomic E-state index is 12.2. The zero-order chi connectivity index (χ0) is 52.6. The number of aryl methyl sites for hydroxylation is 2. The van der Waals surface area contributed by atoms with Gasteiger partial charge in [0.05, 0.1) is 22.3 Å². The second kappa shape index (κ2) is 19.0. The number of para-hydroxylation sites is 1. The molecule has 364 valence electrons. The molecule has 5 heteroatoms. The van der Waals surface area contributed by atoms with E-state index in [1.54, 1.807) is 0 Å². The van der Waals surface area contributed by atoms with Crippen LogP contribution >= 0.6 is 0 Å². The number of hydrogen-bond donors (Lipinski definition) is 1. The van der Waals surface area contributed by atoms with E-state index in [0.29, 0.717) is 33.7 Å². The van der Waals surface area contributed by atoms with Crippen LogP contribution in [-0.2, 0) is 42.7 Å². The Morgan fingerprint density at radius 1 is 0.521 bits per heavy atom. The summed E-state index contributed by atoms with van der Waals surface area (Å²) in [6, 6.07) is 53.7. The standard InChI is InChI=1S/C66H68N3O.Pt/c1-41-34-46(59-52(44-20-16-15-17-21-44)22-18-24-55(59)66(12,13)14)28-31-57(41)69-58-25-19-23-53(60(58)68-62(69)54-40-50(64(6,7)8)35-42(2)61(54)70)47-36-48(38-51(37-47)65(9,10)11)56-39-45(32-33-67-56)43-26-29-49(30-27-43)63(3,4)5;/h15-35,37-40,70H,1-14H3;/q-1;/i1D3;. The molecule has 0 fully saturated rings. The summed E-state index contributed by atoms with van der Waals surface area (Å²) < 4.78 is 29.7. The maximum atomic E-state index is 12.2. The molecular formula is C66H68N3OPt-. The van der Waals surface area contributed by atoms with Crippen LogP contribution in [0.3, 0.4) is 0 Å². The second-order valence-electron chi connectivity index (χ2n) is 23.2. The van der Waals surface area contributed by atoms with E-state index in [2.05, 4.69) is 174 Å². The second-order valence-corrected chi connectivity index (χ2v) is 23.2. The van der Waals surface area contributed by atoms with Gasteiger partial charge in [0.25, 0.3) is 0 Å². The van der Waals surface area contributed by atoms with E-state index < -0.39 is 6.85 Å². The Morgan fingerprint density at radius 3 is 1.82 bits per heavy atom. The minimum atomic E-state index is -2.55. The molecule has 9 aromatic rings. The van der Waals surface area contributed by atoms with Crippen LogP contribution in [0.4, 0.5) is 0 Å². The normalized spacial score (nSPS) is 13.1. The molecule has 0 radical (unpaired) electrons. The minimum Gasteiger partial charge on any atom is -0.507 e. The van der Waals surface area contributed by atoms with Gasteiger partial charge in [0, 0.05) is 37.1 Å². The first kappa shape index (κ1) is 47.0. The first-order valence-electron chi connectivity index (χ1n) is 26.0. The molecule has 0 saturated carbocycles. The molecule has 7 aromatic carbocycles. The number of imidazole rings is 1. The molecule has 1 N–H and O–H groups in total. The zero-order valence-electron chi connectivity index (χ0n) is 46.5. The van der Waals surface area contributed by atoms with E-state index in [9.17, 15) is 9.22 Å². The maximum Gasteiger partial charge on any atom is 0.148 e. The zero-order valence-corrected chi connectivity index (χ0v) is 45.8. The minimum absolute atomic E-state index is 0. The number of nitrogens with zero attached hydrogens (tertiary/aromatic N) is 3. The van der Waals surface area contributed by atoms with Crippen molar-refractivity contribution in [1.82, 2.24) is 14.5 Å². The topological polar surface area (TPSA) is 50.9 Å². The molecule has 0 amide bonds. The number of aromatic hydroxyl groups is 1. The van der Waals surface area contributed by atoms with Crippen molar-refractivity contribution in [2.45, 2.75) is 119 Å². The number of aromatic nitrogens is 3. The summed E-state index contributed by atoms with van der Waals surface area (Å²) in [5.41, 5.74) is 16.3. The van der Waals surface area contributed by atoms with Gasteiger partial charge in [-0.1, -0.05) is 197 Å². The summed E-state index contributed by atoms with van der Waals surface area (Å²) in [7, 11) is 0. The average molecular weight is 1120 g/mol. The molecule has 9 rings (SSSR count). The largest absolute Gasteiger partial charge is 0.507 e. The Balaban J connectivity index is 0.00000729. The van der Waals surface area contributed by atoms with Crippen molar-refractivity contribution >= 4 is 11.0 Å². The number of phenolic OH excluding ortho intramolecular Hbond substituents is 1. The third-order valence-corrected chi connectivity index (χ3v) is 13.7. The number of rotatable bonds is 7. The van der Waals surface area contributed by atoms with Crippen LogP contribution in [0.1, 0.15) is 121 Å². The number of phenols is 1. The predicted molar refractivity (Wildman–Crippen MR) is 296 cm³/mol. The Hall–Kier alpha value is -6.35. The third kappa shape index (κ3) is 10.1. The van der Waals surface area contributed by atoms with Gasteiger partial charge in [-0.15, -0.1) is 29.3 Å². The molecule has 0 aliphatic heterocycles. The van der Waals surface area contributed by atoms with Crippen LogP contribution in [0.5, 0.6) is 5.75 Å². The first-order chi connectivity index (χ1) is 34.2. The Kier molecular flexibility index (Phi) is 12.6. The summed E-state index contributed by atoms with van der Waals surface area (Å²) in [5, 5.41) is 12.2. The van der Waals surface area contributed by atoms with Crippen LogP contribution in [0.25, 0.3) is 83.9 Å². The van der Waals surface area contributed by atoms with Crippen molar-refractivity contribution in [2.75, 3.05) is 0 Å². The van der Waals surface area contributed by atoms with E-state index in [1.165, 1.54) is 5.56 Å². The summed E-state index contributed by atoms with van der Waals surface area (Å²) in [4.78, 5) is 10.4. The predicted octanol–water partition coefficient (Wildman–Crippen LogP) is 17.7. The fourth-order valence-corrected chi connectivity index (χ4v) is 9.56. The van der Waals surface area contributed by atoms with Gasteiger partial charge in [-0.2, -0.15) is 0 Å². The van der Waals surface area contributed by atoms with Gasteiger partial charge in [-0.3, -0.25) is 9.55 Å². The van der Waals surface area contributed by atoms with Crippen molar-refractivity contribution in [2.24, 2.45) is 0 Å². The van der Waals surface area contributed by atoms with E-state index in [1.807, 2.05) is 78.4 Å². The smallest absolute Gasteiger partial charge is 0.148 e. The van der Waals surface area contributed by atoms with E-state index in [0.717, 1.165) is 72.5 Å². The molecule has 4 nitrogen and oxygen atoms in total. The summed E-state index contributed by atoms with van der Waals surface area (Å²) in [5.74, 6) is 0.527. The first-order valence-corrected chi connectivity index (χ1v) is 24.5. The van der Waals surface area contributed by atoms with Gasteiger partial charge in [-0.05, 0) is 127 Å². The van der Waals surface area contributed by atoms with E-state index >= 15 is 0 Å². The van der Waals surface area contributed by atoms with Crippen molar-refractivity contribution in [3.05, 3.63) is 191 Å². The molecule has 2 aromatic heterocycles. The van der Waals surface area contributed by atoms with Crippen LogP contribution in [0.2, 0.25) is 0 Å². The Morgan fingerprint density at radius 2 is 1.15 bits per heavy atom. The van der Waals surface area contributed by atoms with Gasteiger partial charge < -0.3 is 5.11 Å². The number of pyridine rings is 1. The SMILES string of the molecule is [2H]C([2H])([2H])c1cc(-c2c(-c3ccccc3)cccc2C(C)(C)C)ccc1-n1c(-c2cc(C(C)(C)C)cc(C)c2O)nc2c(-c3[c-]c(-c4cc(-c5ccc(C(C)(C)C)cc5)ccn4)cc(C(C)(C)C)c3)cccc21.[Pt]. The quantitative estimate of drug-likeness (QED) is 0.162. The number of benzene rings is 7. The molecule has 0 unspecified atom stereocenters. The molecule has 2 heterocycles. The fourth-order valence-electron chi connectivity index (χ4n) is 9.56. The van der Waals surface area contributed by atoms with Crippen molar-refractivity contribution < 1.29 is 30.3 Å². The van der Waals surface area contributed by atoms with Gasteiger partial charge in [0.2, 0.25) is 0 Å². The molecule has 0 bridgehead atoms. The van der Waals surface area contributed by atoms with Gasteiger partial charge in [0.1, 0.15) is 11.6 Å². The van der Waals surface area contributed by atoms with Crippen LogP contribution in [-0.4, -0.2) is 19.6 Å². The van der Waals surface area contributed by atoms with Crippen LogP contribution in [0, 0.1) is 19.8 Å². The van der Waals surface area contributed by atoms with Crippen LogP contribution < -0.4 is 0 Å². The van der Waals surface area contributed by atoms with Crippen LogP contribution in [0.15, 0.2) is 152 Å². The molecule has 0 aliphatic carbocycles. The molecular weight excluding hydrogens is 1050 g/mol.